The average molecular weight is 231 g/mol. The lowest BCUT2D eigenvalue weighted by atomic mass is 10.1. The first-order valence-electron chi connectivity index (χ1n) is 5.15. The van der Waals surface area contributed by atoms with E-state index < -0.39 is 18.0 Å². The number of hydrogen-bond acceptors (Lipinski definition) is 6. The molecule has 0 saturated carbocycles. The van der Waals surface area contributed by atoms with E-state index in [1.165, 1.54) is 14.2 Å². The van der Waals surface area contributed by atoms with Crippen LogP contribution in [0.1, 0.15) is 6.42 Å². The third-order valence-corrected chi connectivity index (χ3v) is 2.55. The van der Waals surface area contributed by atoms with E-state index in [-0.39, 0.29) is 6.42 Å². The molecule has 1 aliphatic heterocycles. The number of nitrogens with zero attached hydrogens (tertiary/aromatic N) is 1. The third kappa shape index (κ3) is 3.46. The van der Waals surface area contributed by atoms with Gasteiger partial charge in [-0.05, 0) is 0 Å². The maximum absolute atomic E-state index is 11.6. The van der Waals surface area contributed by atoms with Crippen LogP contribution in [-0.2, 0) is 23.8 Å². The van der Waals surface area contributed by atoms with Crippen LogP contribution in [0.4, 0.5) is 0 Å². The number of methoxy groups -OCH3 is 2. The van der Waals surface area contributed by atoms with Crippen molar-refractivity contribution < 1.29 is 23.8 Å². The Morgan fingerprint density at radius 3 is 2.38 bits per heavy atom. The summed E-state index contributed by atoms with van der Waals surface area (Å²) in [5.74, 6) is -0.825. The molecule has 6 nitrogen and oxygen atoms in total. The van der Waals surface area contributed by atoms with Gasteiger partial charge in [0.1, 0.15) is 6.04 Å². The lowest BCUT2D eigenvalue weighted by Crippen LogP contribution is -2.48. The molecular formula is C10H17NO5. The zero-order chi connectivity index (χ0) is 12.0. The average Bonchev–Trinajstić information content (AvgIpc) is 2.35. The summed E-state index contributed by atoms with van der Waals surface area (Å²) in [5.41, 5.74) is 0. The third-order valence-electron chi connectivity index (χ3n) is 2.55. The minimum atomic E-state index is -0.568. The Balaban J connectivity index is 2.61. The fraction of sp³-hybridized carbons (Fsp3) is 0.800. The van der Waals surface area contributed by atoms with Crippen LogP contribution in [0.2, 0.25) is 0 Å². The number of ether oxygens (including phenoxy) is 3. The predicted molar refractivity (Wildman–Crippen MR) is 54.8 cm³/mol. The molecule has 1 aliphatic rings. The number of morpholine rings is 1. The van der Waals surface area contributed by atoms with E-state index in [2.05, 4.69) is 9.47 Å². The summed E-state index contributed by atoms with van der Waals surface area (Å²) < 4.78 is 14.4. The van der Waals surface area contributed by atoms with Crippen LogP contribution in [0, 0.1) is 0 Å². The fourth-order valence-corrected chi connectivity index (χ4v) is 1.63. The van der Waals surface area contributed by atoms with E-state index in [1.807, 2.05) is 4.90 Å². The molecule has 1 saturated heterocycles. The first-order chi connectivity index (χ1) is 7.69. The van der Waals surface area contributed by atoms with Crippen molar-refractivity contribution in [1.82, 2.24) is 4.90 Å². The Hall–Kier alpha value is -1.14. The van der Waals surface area contributed by atoms with Crippen LogP contribution < -0.4 is 0 Å². The summed E-state index contributed by atoms with van der Waals surface area (Å²) in [4.78, 5) is 24.6. The van der Waals surface area contributed by atoms with Gasteiger partial charge in [0.25, 0.3) is 0 Å². The first kappa shape index (κ1) is 12.9. The fourth-order valence-electron chi connectivity index (χ4n) is 1.63. The van der Waals surface area contributed by atoms with Crippen molar-refractivity contribution in [2.24, 2.45) is 0 Å². The molecule has 1 unspecified atom stereocenters. The summed E-state index contributed by atoms with van der Waals surface area (Å²) in [5, 5.41) is 0. The van der Waals surface area contributed by atoms with E-state index in [9.17, 15) is 9.59 Å². The van der Waals surface area contributed by atoms with E-state index in [0.29, 0.717) is 26.3 Å². The maximum atomic E-state index is 11.6. The molecule has 0 spiro atoms. The molecule has 0 aromatic heterocycles. The Kier molecular flexibility index (Phi) is 5.21. The topological polar surface area (TPSA) is 65.1 Å². The van der Waals surface area contributed by atoms with E-state index in [4.69, 9.17) is 4.74 Å². The molecule has 0 aromatic rings. The molecule has 6 heteroatoms. The Bertz CT molecular complexity index is 250. The lowest BCUT2D eigenvalue weighted by Gasteiger charge is -2.31. The minimum absolute atomic E-state index is 0.0170. The SMILES string of the molecule is COC(=O)CC(C(=O)OC)N1CCOCC1. The van der Waals surface area contributed by atoms with Gasteiger partial charge in [-0.15, -0.1) is 0 Å². The van der Waals surface area contributed by atoms with Gasteiger partial charge in [-0.1, -0.05) is 0 Å². The second-order valence-corrected chi connectivity index (χ2v) is 3.47. The molecule has 1 heterocycles. The smallest absolute Gasteiger partial charge is 0.323 e. The Morgan fingerprint density at radius 2 is 1.88 bits per heavy atom. The van der Waals surface area contributed by atoms with Crippen molar-refractivity contribution in [2.45, 2.75) is 12.5 Å². The molecule has 0 N–H and O–H groups in total. The maximum Gasteiger partial charge on any atom is 0.323 e. The van der Waals surface area contributed by atoms with Gasteiger partial charge in [0.2, 0.25) is 0 Å². The van der Waals surface area contributed by atoms with Crippen LogP contribution in [0.3, 0.4) is 0 Å². The monoisotopic (exact) mass is 231 g/mol. The first-order valence-corrected chi connectivity index (χ1v) is 5.15. The van der Waals surface area contributed by atoms with E-state index in [1.54, 1.807) is 0 Å². The second kappa shape index (κ2) is 6.44. The summed E-state index contributed by atoms with van der Waals surface area (Å²) in [6.07, 6.45) is 0.0170. The summed E-state index contributed by atoms with van der Waals surface area (Å²) in [6.45, 7) is 2.37. The number of rotatable bonds is 4. The van der Waals surface area contributed by atoms with Crippen molar-refractivity contribution in [2.75, 3.05) is 40.5 Å². The van der Waals surface area contributed by atoms with Gasteiger partial charge < -0.3 is 14.2 Å². The molecule has 0 amide bonds. The molecule has 0 aliphatic carbocycles. The number of esters is 2. The molecule has 1 fully saturated rings. The molecule has 92 valence electrons. The van der Waals surface area contributed by atoms with Gasteiger partial charge in [-0.25, -0.2) is 0 Å². The van der Waals surface area contributed by atoms with Gasteiger partial charge >= 0.3 is 11.9 Å². The summed E-state index contributed by atoms with van der Waals surface area (Å²) >= 11 is 0. The molecule has 1 rings (SSSR count). The second-order valence-electron chi connectivity index (χ2n) is 3.47. The van der Waals surface area contributed by atoms with Crippen LogP contribution in [0.25, 0.3) is 0 Å². The molecule has 16 heavy (non-hydrogen) atoms. The highest BCUT2D eigenvalue weighted by molar-refractivity contribution is 5.82. The van der Waals surface area contributed by atoms with Crippen LogP contribution in [-0.4, -0.2) is 63.4 Å². The quantitative estimate of drug-likeness (QED) is 0.603. The highest BCUT2D eigenvalue weighted by Gasteiger charge is 2.30. The number of carbonyl (C=O) groups excluding carboxylic acids is 2. The van der Waals surface area contributed by atoms with Gasteiger partial charge in [0.05, 0.1) is 33.9 Å². The molecule has 1 atom stereocenters. The van der Waals surface area contributed by atoms with Crippen molar-refractivity contribution in [3.8, 4) is 0 Å². The van der Waals surface area contributed by atoms with E-state index in [0.717, 1.165) is 0 Å². The van der Waals surface area contributed by atoms with Crippen LogP contribution in [0.5, 0.6) is 0 Å². The Labute approximate surface area is 94.4 Å². The van der Waals surface area contributed by atoms with Crippen LogP contribution in [0.15, 0.2) is 0 Å². The largest absolute Gasteiger partial charge is 0.469 e. The highest BCUT2D eigenvalue weighted by atomic mass is 16.5. The molecular weight excluding hydrogens is 214 g/mol. The summed E-state index contributed by atoms with van der Waals surface area (Å²) in [7, 11) is 2.61. The van der Waals surface area contributed by atoms with E-state index >= 15 is 0 Å². The normalized spacial score (nSPS) is 18.9. The summed E-state index contributed by atoms with van der Waals surface area (Å²) in [6, 6.07) is -0.568. The van der Waals surface area contributed by atoms with Gasteiger partial charge in [0, 0.05) is 13.1 Å². The van der Waals surface area contributed by atoms with Crippen LogP contribution >= 0.6 is 0 Å². The molecule has 0 bridgehead atoms. The molecule has 0 radical (unpaired) electrons. The van der Waals surface area contributed by atoms with Gasteiger partial charge in [0.15, 0.2) is 0 Å². The standard InChI is InChI=1S/C10H17NO5/c1-14-9(12)7-8(10(13)15-2)11-3-5-16-6-4-11/h8H,3-7H2,1-2H3. The molecule has 0 aromatic carbocycles. The van der Waals surface area contributed by atoms with Gasteiger partial charge in [-0.2, -0.15) is 0 Å². The number of hydrogen-bond donors (Lipinski definition) is 0. The van der Waals surface area contributed by atoms with Gasteiger partial charge in [-0.3, -0.25) is 14.5 Å². The zero-order valence-electron chi connectivity index (χ0n) is 9.60. The highest BCUT2D eigenvalue weighted by Crippen LogP contribution is 2.10. The van der Waals surface area contributed by atoms with Crippen molar-refractivity contribution in [1.29, 1.82) is 0 Å². The Morgan fingerprint density at radius 1 is 1.25 bits per heavy atom. The zero-order valence-corrected chi connectivity index (χ0v) is 9.60. The predicted octanol–water partition coefficient (Wildman–Crippen LogP) is -0.577. The lowest BCUT2D eigenvalue weighted by molar-refractivity contribution is -0.155. The number of carbonyl (C=O) groups is 2. The van der Waals surface area contributed by atoms with Crippen molar-refractivity contribution in [3.63, 3.8) is 0 Å². The van der Waals surface area contributed by atoms with Crippen molar-refractivity contribution >= 4 is 11.9 Å². The minimum Gasteiger partial charge on any atom is -0.469 e. The van der Waals surface area contributed by atoms with Crippen molar-refractivity contribution in [3.05, 3.63) is 0 Å².